The van der Waals surface area contributed by atoms with Crippen molar-refractivity contribution in [2.45, 2.75) is 46.5 Å². The average Bonchev–Trinajstić information content (AvgIpc) is 3.09. The number of Topliss-reactive ketones (excluding diaryl/α,β-unsaturated/α-hetero) is 1. The zero-order chi connectivity index (χ0) is 36.8. The van der Waals surface area contributed by atoms with E-state index in [0.717, 1.165) is 47.5 Å². The molecular formula is C38H38Cl3N9O. The minimum absolute atomic E-state index is 0.000000000000000444. The number of nitrogens with zero attached hydrogens (tertiary/aromatic N) is 6. The quantitative estimate of drug-likeness (QED) is 0.0967. The van der Waals surface area contributed by atoms with E-state index in [0.29, 0.717) is 24.0 Å². The summed E-state index contributed by atoms with van der Waals surface area (Å²) < 4.78 is 0. The highest BCUT2D eigenvalue weighted by molar-refractivity contribution is 6.33. The van der Waals surface area contributed by atoms with Gasteiger partial charge in [0.2, 0.25) is 21.8 Å². The molecule has 5 N–H and O–H groups in total. The van der Waals surface area contributed by atoms with Crippen LogP contribution in [0.5, 0.6) is 0 Å². The number of nitrogens with one attached hydrogen (secondary N) is 1. The second kappa shape index (κ2) is 19.3. The highest BCUT2D eigenvalue weighted by Crippen LogP contribution is 2.17. The van der Waals surface area contributed by atoms with E-state index in [1.54, 1.807) is 0 Å². The maximum Gasteiger partial charge on any atom is 0.230 e. The normalized spacial score (nSPS) is 10.3. The number of hydrogen-bond acceptors (Lipinski definition) is 10. The van der Waals surface area contributed by atoms with Gasteiger partial charge in [-0.3, -0.25) is 4.79 Å². The SMILES string of the molecule is CCc1ccc(C(=O)Cc2ccc(Nc3nc(C)nc(C)n3)cc2)cc1.Clc1nc(Cl)nc(Cl)n1.Nc1ccc(CCc2ccc(N)cc2)cc1. The Balaban J connectivity index is 0.000000197. The Morgan fingerprint density at radius 1 is 0.569 bits per heavy atom. The summed E-state index contributed by atoms with van der Waals surface area (Å²) in [6, 6.07) is 31.7. The van der Waals surface area contributed by atoms with Crippen molar-refractivity contribution >= 4 is 63.6 Å². The van der Waals surface area contributed by atoms with Crippen LogP contribution in [0.25, 0.3) is 0 Å². The molecule has 6 rings (SSSR count). The second-order valence-electron chi connectivity index (χ2n) is 11.4. The van der Waals surface area contributed by atoms with Gasteiger partial charge in [0.1, 0.15) is 11.6 Å². The number of rotatable bonds is 9. The van der Waals surface area contributed by atoms with Gasteiger partial charge in [-0.15, -0.1) is 0 Å². The number of ketones is 1. The zero-order valence-corrected chi connectivity index (χ0v) is 30.7. The highest BCUT2D eigenvalue weighted by atomic mass is 35.5. The van der Waals surface area contributed by atoms with Gasteiger partial charge in [-0.25, -0.2) is 4.98 Å². The predicted octanol–water partition coefficient (Wildman–Crippen LogP) is 8.69. The molecule has 4 aromatic carbocycles. The fourth-order valence-electron chi connectivity index (χ4n) is 4.68. The maximum absolute atomic E-state index is 12.4. The second-order valence-corrected chi connectivity index (χ2v) is 12.4. The molecule has 0 saturated carbocycles. The van der Waals surface area contributed by atoms with Crippen LogP contribution in [0.1, 0.15) is 51.2 Å². The monoisotopic (exact) mass is 741 g/mol. The molecule has 0 spiro atoms. The lowest BCUT2D eigenvalue weighted by Gasteiger charge is -2.07. The Kier molecular flexibility index (Phi) is 14.6. The van der Waals surface area contributed by atoms with Crippen LogP contribution in [0.4, 0.5) is 23.0 Å². The Hall–Kier alpha value is -5.16. The molecule has 13 heteroatoms. The number of carbonyl (C=O) groups is 1. The third-order valence-electron chi connectivity index (χ3n) is 7.33. The Bertz CT molecular complexity index is 1890. The molecule has 6 aromatic rings. The molecule has 51 heavy (non-hydrogen) atoms. The van der Waals surface area contributed by atoms with Gasteiger partial charge < -0.3 is 16.8 Å². The van der Waals surface area contributed by atoms with Gasteiger partial charge in [0.15, 0.2) is 5.78 Å². The van der Waals surface area contributed by atoms with Gasteiger partial charge in [0.05, 0.1) is 0 Å². The Morgan fingerprint density at radius 3 is 1.41 bits per heavy atom. The topological polar surface area (TPSA) is 158 Å². The van der Waals surface area contributed by atoms with E-state index in [1.807, 2.05) is 86.6 Å². The molecule has 0 unspecified atom stereocenters. The van der Waals surface area contributed by atoms with E-state index < -0.39 is 0 Å². The predicted molar refractivity (Wildman–Crippen MR) is 207 cm³/mol. The minimum atomic E-state index is 0.000000000000000444. The van der Waals surface area contributed by atoms with Gasteiger partial charge in [0.25, 0.3) is 0 Å². The first-order valence-electron chi connectivity index (χ1n) is 16.0. The summed E-state index contributed by atoms with van der Waals surface area (Å²) in [5, 5.41) is 3.16. The van der Waals surface area contributed by atoms with E-state index in [2.05, 4.69) is 66.4 Å². The lowest BCUT2D eigenvalue weighted by molar-refractivity contribution is 0.0993. The van der Waals surface area contributed by atoms with Crippen molar-refractivity contribution in [3.8, 4) is 0 Å². The van der Waals surface area contributed by atoms with E-state index >= 15 is 0 Å². The summed E-state index contributed by atoms with van der Waals surface area (Å²) in [5.41, 5.74) is 19.4. The number of benzene rings is 4. The first-order valence-corrected chi connectivity index (χ1v) is 17.2. The first-order chi connectivity index (χ1) is 24.4. The van der Waals surface area contributed by atoms with E-state index in [4.69, 9.17) is 46.3 Å². The molecular weight excluding hydrogens is 705 g/mol. The van der Waals surface area contributed by atoms with Crippen molar-refractivity contribution < 1.29 is 4.79 Å². The third kappa shape index (κ3) is 13.6. The molecule has 0 fully saturated rings. The van der Waals surface area contributed by atoms with E-state index in [9.17, 15) is 4.79 Å². The summed E-state index contributed by atoms with van der Waals surface area (Å²) in [6.45, 7) is 5.77. The largest absolute Gasteiger partial charge is 0.399 e. The number of hydrogen-bond donors (Lipinski definition) is 3. The molecule has 0 bridgehead atoms. The molecule has 0 amide bonds. The molecule has 262 valence electrons. The van der Waals surface area contributed by atoms with Crippen molar-refractivity contribution in [3.05, 3.63) is 152 Å². The van der Waals surface area contributed by atoms with Gasteiger partial charge in [0, 0.05) is 29.0 Å². The summed E-state index contributed by atoms with van der Waals surface area (Å²) >= 11 is 16.0. The average molecular weight is 743 g/mol. The molecule has 2 aromatic heterocycles. The molecule has 0 aliphatic heterocycles. The lowest BCUT2D eigenvalue weighted by atomic mass is 10.0. The van der Waals surface area contributed by atoms with Crippen molar-refractivity contribution in [1.29, 1.82) is 0 Å². The number of aromatic nitrogens is 6. The summed E-state index contributed by atoms with van der Waals surface area (Å²) in [5.74, 6) is 2.00. The molecule has 0 aliphatic carbocycles. The van der Waals surface area contributed by atoms with Crippen molar-refractivity contribution in [2.24, 2.45) is 0 Å². The Morgan fingerprint density at radius 2 is 0.980 bits per heavy atom. The zero-order valence-electron chi connectivity index (χ0n) is 28.4. The molecule has 0 aliphatic rings. The third-order valence-corrected chi connectivity index (χ3v) is 7.84. The van der Waals surface area contributed by atoms with Crippen molar-refractivity contribution in [1.82, 2.24) is 29.9 Å². The first kappa shape index (κ1) is 38.6. The van der Waals surface area contributed by atoms with Crippen LogP contribution in [0, 0.1) is 13.8 Å². The van der Waals surface area contributed by atoms with E-state index in [1.165, 1.54) is 16.7 Å². The standard InChI is InChI=1S/C21H22N4O.C14H16N2.C3Cl3N3/c1-4-16-5-9-18(10-6-16)20(26)13-17-7-11-19(12-8-17)25-21-23-14(2)22-15(3)24-21;15-13-7-3-11(4-8-13)1-2-12-5-9-14(16)10-6-12;4-1-7-2(5)9-3(6)8-1/h5-12H,4,13H2,1-3H3,(H,22,23,24,25);3-10H,1-2,15-16H2;. The van der Waals surface area contributed by atoms with Crippen LogP contribution >= 0.6 is 34.8 Å². The number of carbonyl (C=O) groups excluding carboxylic acids is 1. The molecule has 0 radical (unpaired) electrons. The molecule has 0 saturated heterocycles. The lowest BCUT2D eigenvalue weighted by Crippen LogP contribution is -2.04. The number of nitrogens with two attached hydrogens (primary N) is 2. The summed E-state index contributed by atoms with van der Waals surface area (Å²) in [4.78, 5) is 35.5. The van der Waals surface area contributed by atoms with Crippen LogP contribution in [0.2, 0.25) is 15.9 Å². The summed E-state index contributed by atoms with van der Waals surface area (Å²) in [7, 11) is 0. The van der Waals surface area contributed by atoms with Gasteiger partial charge >= 0.3 is 0 Å². The van der Waals surface area contributed by atoms with Crippen LogP contribution in [0.15, 0.2) is 97.1 Å². The highest BCUT2D eigenvalue weighted by Gasteiger charge is 2.08. The number of anilines is 4. The molecule has 0 atom stereocenters. The molecule has 2 heterocycles. The fourth-order valence-corrected chi connectivity index (χ4v) is 5.29. The van der Waals surface area contributed by atoms with Crippen LogP contribution < -0.4 is 16.8 Å². The number of halogens is 3. The fraction of sp³-hybridized carbons (Fsp3) is 0.184. The van der Waals surface area contributed by atoms with Gasteiger partial charge in [-0.1, -0.05) is 67.6 Å². The van der Waals surface area contributed by atoms with Crippen molar-refractivity contribution in [3.63, 3.8) is 0 Å². The Labute approximate surface area is 312 Å². The summed E-state index contributed by atoms with van der Waals surface area (Å²) in [6.07, 6.45) is 3.42. The van der Waals surface area contributed by atoms with E-state index in [-0.39, 0.29) is 21.6 Å². The number of aryl methyl sites for hydroxylation is 5. The van der Waals surface area contributed by atoms with Crippen LogP contribution in [-0.2, 0) is 25.7 Å². The minimum Gasteiger partial charge on any atom is -0.399 e. The van der Waals surface area contributed by atoms with Gasteiger partial charge in [-0.05, 0) is 127 Å². The maximum atomic E-state index is 12.4. The molecule has 10 nitrogen and oxygen atoms in total. The smallest absolute Gasteiger partial charge is 0.230 e. The van der Waals surface area contributed by atoms with Crippen molar-refractivity contribution in [2.75, 3.05) is 16.8 Å². The van der Waals surface area contributed by atoms with Gasteiger partial charge in [-0.2, -0.15) is 24.9 Å². The van der Waals surface area contributed by atoms with Crippen LogP contribution in [-0.4, -0.2) is 35.7 Å². The van der Waals surface area contributed by atoms with Crippen LogP contribution in [0.3, 0.4) is 0 Å². The number of nitrogen functional groups attached to an aromatic ring is 2.